The molecule has 0 aliphatic heterocycles. The first-order chi connectivity index (χ1) is 5.43. The number of halogens is 1. The van der Waals surface area contributed by atoms with Gasteiger partial charge in [-0.25, -0.2) is 9.36 Å². The van der Waals surface area contributed by atoms with Gasteiger partial charge in [-0.3, -0.25) is 9.05 Å². The van der Waals surface area contributed by atoms with Crippen LogP contribution in [0.15, 0.2) is 0 Å². The number of rotatable bonds is 4. The quantitative estimate of drug-likeness (QED) is 0.356. The number of hydrogen-bond donors (Lipinski definition) is 1. The Morgan fingerprint density at radius 2 is 2.08 bits per heavy atom. The first-order valence-corrected chi connectivity index (χ1v) is 5.46. The lowest BCUT2D eigenvalue weighted by Crippen LogP contribution is -2.17. The molecule has 0 aromatic carbocycles. The Labute approximate surface area is 82.9 Å². The van der Waals surface area contributed by atoms with Crippen molar-refractivity contribution < 1.29 is 28.0 Å². The van der Waals surface area contributed by atoms with E-state index in [-0.39, 0.29) is 0 Å². The molecule has 0 aliphatic rings. The zero-order valence-corrected chi connectivity index (χ0v) is 9.44. The molecule has 6 nitrogen and oxygen atoms in total. The van der Waals surface area contributed by atoms with E-state index in [9.17, 15) is 9.36 Å². The first kappa shape index (κ1) is 12.3. The molecule has 1 N–H and O–H groups in total. The predicted octanol–water partition coefficient (Wildman–Crippen LogP) is 0.684. The van der Waals surface area contributed by atoms with Crippen molar-refractivity contribution in [3.05, 3.63) is 0 Å². The van der Waals surface area contributed by atoms with Crippen LogP contribution in [0.5, 0.6) is 0 Å². The summed E-state index contributed by atoms with van der Waals surface area (Å²) in [6.07, 6.45) is 0. The van der Waals surface area contributed by atoms with E-state index >= 15 is 0 Å². The van der Waals surface area contributed by atoms with Crippen molar-refractivity contribution in [1.82, 2.24) is 0 Å². The number of alkyl halides is 1. The highest BCUT2D eigenvalue weighted by Gasteiger charge is 2.28. The van der Waals surface area contributed by atoms with E-state index in [2.05, 4.69) is 13.8 Å². The summed E-state index contributed by atoms with van der Waals surface area (Å²) in [5.41, 5.74) is 0. The molecule has 8 heteroatoms. The lowest BCUT2D eigenvalue weighted by molar-refractivity contribution is -0.144. The van der Waals surface area contributed by atoms with E-state index in [1.807, 2.05) is 0 Å². The highest BCUT2D eigenvalue weighted by molar-refractivity contribution is 14.1. The van der Waals surface area contributed by atoms with E-state index in [1.54, 1.807) is 0 Å². The molecule has 0 saturated heterocycles. The fourth-order valence-electron chi connectivity index (χ4n) is 0.296. The second-order valence-corrected chi connectivity index (χ2v) is 4.24. The Morgan fingerprint density at radius 3 is 2.42 bits per heavy atom. The summed E-state index contributed by atoms with van der Waals surface area (Å²) in [5.74, 6) is -0.748. The van der Waals surface area contributed by atoms with Crippen molar-refractivity contribution in [3.8, 4) is 0 Å². The Bertz CT molecular complexity index is 206. The molecule has 0 aromatic heterocycles. The zero-order valence-electron chi connectivity index (χ0n) is 6.39. The number of carbonyl (C=O) groups excluding carboxylic acids is 1. The van der Waals surface area contributed by atoms with Crippen LogP contribution in [0, 0.1) is 0 Å². The van der Waals surface area contributed by atoms with Gasteiger partial charge in [0.15, 0.2) is 0 Å². The lowest BCUT2D eigenvalue weighted by Gasteiger charge is -2.12. The molecule has 0 saturated carbocycles. The van der Waals surface area contributed by atoms with E-state index < -0.39 is 17.9 Å². The van der Waals surface area contributed by atoms with Gasteiger partial charge in [-0.2, -0.15) is 0 Å². The largest absolute Gasteiger partial charge is 0.473 e. The summed E-state index contributed by atoms with van der Waals surface area (Å²) in [6.45, 7) is 0. The van der Waals surface area contributed by atoms with E-state index in [0.717, 1.165) is 14.2 Å². The number of phosphoric ester groups is 1. The number of ether oxygens (including phenoxy) is 1. The zero-order chi connectivity index (χ0) is 9.78. The van der Waals surface area contributed by atoms with Crippen molar-refractivity contribution in [2.45, 2.75) is 4.11 Å². The molecule has 2 atom stereocenters. The van der Waals surface area contributed by atoms with Crippen molar-refractivity contribution in [2.75, 3.05) is 14.2 Å². The summed E-state index contributed by atoms with van der Waals surface area (Å²) in [7, 11) is -1.96. The fraction of sp³-hybridized carbons (Fsp3) is 0.750. The number of carbonyl (C=O) groups is 1. The maximum atomic E-state index is 10.7. The third-order valence-electron chi connectivity index (χ3n) is 0.843. The molecule has 0 amide bonds. The smallest absolute Gasteiger partial charge is 0.466 e. The van der Waals surface area contributed by atoms with Gasteiger partial charge in [-0.15, -0.1) is 0 Å². The van der Waals surface area contributed by atoms with E-state index in [0.29, 0.717) is 0 Å². The molecular weight excluding hydrogens is 302 g/mol. The fourth-order valence-corrected chi connectivity index (χ4v) is 1.82. The minimum atomic E-state index is -4.10. The molecule has 0 radical (unpaired) electrons. The van der Waals surface area contributed by atoms with E-state index in [1.165, 1.54) is 22.6 Å². The van der Waals surface area contributed by atoms with E-state index in [4.69, 9.17) is 4.89 Å². The Hall–Kier alpha value is 0.310. The molecule has 72 valence electrons. The second kappa shape index (κ2) is 5.13. The minimum absolute atomic E-state index is 0.748. The van der Waals surface area contributed by atoms with Gasteiger partial charge < -0.3 is 9.63 Å². The van der Waals surface area contributed by atoms with Crippen LogP contribution in [0.25, 0.3) is 0 Å². The maximum absolute atomic E-state index is 10.7. The third-order valence-corrected chi connectivity index (χ3v) is 2.95. The monoisotopic (exact) mass is 310 g/mol. The van der Waals surface area contributed by atoms with Gasteiger partial charge in [0.05, 0.1) is 7.11 Å². The number of hydrogen-bond acceptors (Lipinski definition) is 5. The van der Waals surface area contributed by atoms with Crippen molar-refractivity contribution in [2.24, 2.45) is 0 Å². The van der Waals surface area contributed by atoms with Crippen LogP contribution in [0.3, 0.4) is 0 Å². The predicted molar refractivity (Wildman–Crippen MR) is 47.7 cm³/mol. The van der Waals surface area contributed by atoms with Crippen LogP contribution in [0.4, 0.5) is 0 Å². The van der Waals surface area contributed by atoms with Crippen molar-refractivity contribution in [3.63, 3.8) is 0 Å². The van der Waals surface area contributed by atoms with Gasteiger partial charge in [0, 0.05) is 7.11 Å². The summed E-state index contributed by atoms with van der Waals surface area (Å²) in [5, 5.41) is 0. The molecule has 12 heavy (non-hydrogen) atoms. The molecule has 0 bridgehead atoms. The highest BCUT2D eigenvalue weighted by atomic mass is 127. The Morgan fingerprint density at radius 1 is 1.58 bits per heavy atom. The molecule has 0 spiro atoms. The number of esters is 1. The summed E-state index contributed by atoms with van der Waals surface area (Å²) >= 11 is 1.51. The highest BCUT2D eigenvalue weighted by Crippen LogP contribution is 2.44. The number of phosphoric acid groups is 1. The van der Waals surface area contributed by atoms with Gasteiger partial charge in [0.25, 0.3) is 0 Å². The van der Waals surface area contributed by atoms with Crippen LogP contribution in [-0.4, -0.2) is 29.2 Å². The Balaban J connectivity index is 4.09. The van der Waals surface area contributed by atoms with Crippen LogP contribution < -0.4 is 0 Å². The normalized spacial score (nSPS) is 18.0. The maximum Gasteiger partial charge on any atom is 0.473 e. The van der Waals surface area contributed by atoms with Crippen molar-refractivity contribution in [1.29, 1.82) is 0 Å². The van der Waals surface area contributed by atoms with Gasteiger partial charge in [0.1, 0.15) is 0 Å². The van der Waals surface area contributed by atoms with Crippen LogP contribution in [-0.2, 0) is 23.1 Å². The molecular formula is C4H8IO6P. The van der Waals surface area contributed by atoms with Gasteiger partial charge >= 0.3 is 13.8 Å². The summed E-state index contributed by atoms with van der Waals surface area (Å²) < 4.78 is 22.2. The molecule has 0 rings (SSSR count). The van der Waals surface area contributed by atoms with Crippen LogP contribution in [0.1, 0.15) is 0 Å². The second-order valence-electron chi connectivity index (χ2n) is 1.60. The first-order valence-electron chi connectivity index (χ1n) is 2.72. The molecule has 0 aromatic rings. The molecule has 0 aliphatic carbocycles. The topological polar surface area (TPSA) is 82.1 Å². The summed E-state index contributed by atoms with van der Waals surface area (Å²) in [6, 6.07) is 0. The summed E-state index contributed by atoms with van der Waals surface area (Å²) in [4.78, 5) is 19.4. The van der Waals surface area contributed by atoms with Gasteiger partial charge in [-0.05, 0) is 22.6 Å². The molecule has 2 unspecified atom stereocenters. The minimum Gasteiger partial charge on any atom is -0.466 e. The number of methoxy groups -OCH3 is 1. The third kappa shape index (κ3) is 4.36. The lowest BCUT2D eigenvalue weighted by atomic mass is 10.7. The van der Waals surface area contributed by atoms with Crippen LogP contribution >= 0.6 is 30.4 Å². The molecule has 0 heterocycles. The van der Waals surface area contributed by atoms with Gasteiger partial charge in [0.2, 0.25) is 4.11 Å². The average Bonchev–Trinajstić information content (AvgIpc) is 2.02. The van der Waals surface area contributed by atoms with Crippen molar-refractivity contribution >= 4 is 36.4 Å². The van der Waals surface area contributed by atoms with Gasteiger partial charge in [-0.1, -0.05) is 0 Å². The SMILES string of the molecule is COC(=O)C(I)OP(=O)(O)OC. The van der Waals surface area contributed by atoms with Crippen LogP contribution in [0.2, 0.25) is 0 Å². The molecule has 0 fully saturated rings. The Kier molecular flexibility index (Phi) is 5.26. The standard InChI is InChI=1S/C4H8IO6P/c1-9-4(6)3(5)11-12(7,8)10-2/h3H,1-2H3,(H,7,8). The average molecular weight is 310 g/mol.